The minimum absolute atomic E-state index is 0.261. The van der Waals surface area contributed by atoms with E-state index in [0.717, 1.165) is 5.56 Å². The van der Waals surface area contributed by atoms with Crippen LogP contribution in [0.15, 0.2) is 36.7 Å². The third kappa shape index (κ3) is 6.54. The number of ether oxygens (including phenoxy) is 5. The summed E-state index contributed by atoms with van der Waals surface area (Å²) in [4.78, 5) is 39.3. The van der Waals surface area contributed by atoms with Gasteiger partial charge in [0, 0.05) is 43.8 Å². The second-order valence-corrected chi connectivity index (χ2v) is 8.91. The molecule has 3 rings (SSSR count). The number of halogens is 1. The van der Waals surface area contributed by atoms with Crippen LogP contribution in [0, 0.1) is 0 Å². The average Bonchev–Trinajstić information content (AvgIpc) is 2.76. The second kappa shape index (κ2) is 11.4. The van der Waals surface area contributed by atoms with E-state index in [-0.39, 0.29) is 5.75 Å². The van der Waals surface area contributed by atoms with Crippen molar-refractivity contribution in [1.82, 2.24) is 4.98 Å². The number of benzene rings is 1. The third-order valence-corrected chi connectivity index (χ3v) is 6.28. The number of carbonyl (C=O) groups excluding carboxylic acids is 3. The van der Waals surface area contributed by atoms with Crippen molar-refractivity contribution in [3.8, 4) is 22.6 Å². The van der Waals surface area contributed by atoms with Gasteiger partial charge in [0.05, 0.1) is 18.3 Å². The molecule has 2 heterocycles. The number of rotatable bonds is 7. The van der Waals surface area contributed by atoms with Gasteiger partial charge in [-0.05, 0) is 24.3 Å². The summed E-state index contributed by atoms with van der Waals surface area (Å²) in [6.45, 7) is 3.70. The zero-order chi connectivity index (χ0) is 24.8. The monoisotopic (exact) mass is 509 g/mol. The number of aromatic nitrogens is 1. The van der Waals surface area contributed by atoms with Crippen LogP contribution in [-0.4, -0.2) is 59.5 Å². The van der Waals surface area contributed by atoms with E-state index in [1.54, 1.807) is 37.6 Å². The van der Waals surface area contributed by atoms with E-state index in [1.807, 2.05) is 0 Å². The zero-order valence-electron chi connectivity index (χ0n) is 19.0. The molecule has 1 aromatic carbocycles. The Labute approximate surface area is 206 Å². The standard InChI is InChI=1S/C23H24ClNO8S/c1-12(26)30-20-11-34-23(22(32-14(3)28)21(20)31-13(2)27)33-17-7-15(9-25-10-17)18-6-5-16(29-4)8-19(18)24/h5-10,20-23H,11H2,1-4H3/t20-,21+,22-,23-/m1/s1. The Bertz CT molecular complexity index is 1070. The molecule has 11 heteroatoms. The molecule has 1 aliphatic rings. The summed E-state index contributed by atoms with van der Waals surface area (Å²) >= 11 is 7.65. The van der Waals surface area contributed by atoms with Crippen molar-refractivity contribution in [2.45, 2.75) is 44.5 Å². The number of methoxy groups -OCH3 is 1. The fraction of sp³-hybridized carbons (Fsp3) is 0.391. The van der Waals surface area contributed by atoms with Crippen LogP contribution in [0.25, 0.3) is 11.1 Å². The van der Waals surface area contributed by atoms with E-state index in [4.69, 9.17) is 35.3 Å². The summed E-state index contributed by atoms with van der Waals surface area (Å²) in [5, 5.41) is 0.474. The predicted molar refractivity (Wildman–Crippen MR) is 125 cm³/mol. The first-order valence-corrected chi connectivity index (χ1v) is 11.7. The Morgan fingerprint density at radius 3 is 2.24 bits per heavy atom. The lowest BCUT2D eigenvalue weighted by Gasteiger charge is -2.39. The smallest absolute Gasteiger partial charge is 0.303 e. The first kappa shape index (κ1) is 25.6. The van der Waals surface area contributed by atoms with Crippen LogP contribution in [0.5, 0.6) is 11.5 Å². The predicted octanol–water partition coefficient (Wildman–Crippen LogP) is 3.66. The molecule has 0 amide bonds. The Morgan fingerprint density at radius 2 is 1.62 bits per heavy atom. The minimum atomic E-state index is -1.04. The lowest BCUT2D eigenvalue weighted by molar-refractivity contribution is -0.186. The van der Waals surface area contributed by atoms with Crippen molar-refractivity contribution in [3.05, 3.63) is 41.7 Å². The van der Waals surface area contributed by atoms with E-state index in [0.29, 0.717) is 22.1 Å². The number of thioether (sulfide) groups is 1. The molecule has 4 atom stereocenters. The Kier molecular flexibility index (Phi) is 8.62. The topological polar surface area (TPSA) is 110 Å². The van der Waals surface area contributed by atoms with Crippen LogP contribution < -0.4 is 9.47 Å². The summed E-state index contributed by atoms with van der Waals surface area (Å²) in [5.41, 5.74) is 0.661. The number of esters is 3. The average molecular weight is 510 g/mol. The molecular weight excluding hydrogens is 486 g/mol. The molecule has 0 bridgehead atoms. The maximum Gasteiger partial charge on any atom is 0.303 e. The van der Waals surface area contributed by atoms with Gasteiger partial charge in [0.15, 0.2) is 23.7 Å². The van der Waals surface area contributed by atoms with Gasteiger partial charge in [-0.2, -0.15) is 0 Å². The van der Waals surface area contributed by atoms with E-state index < -0.39 is 41.7 Å². The molecule has 0 N–H and O–H groups in total. The molecule has 0 saturated carbocycles. The lowest BCUT2D eigenvalue weighted by atomic mass is 10.1. The summed E-state index contributed by atoms with van der Waals surface area (Å²) in [6.07, 6.45) is 0.265. The first-order chi connectivity index (χ1) is 16.2. The van der Waals surface area contributed by atoms with Gasteiger partial charge in [-0.3, -0.25) is 19.4 Å². The molecule has 182 valence electrons. The van der Waals surface area contributed by atoms with Gasteiger partial charge < -0.3 is 23.7 Å². The molecule has 1 saturated heterocycles. The first-order valence-electron chi connectivity index (χ1n) is 10.3. The van der Waals surface area contributed by atoms with Gasteiger partial charge in [-0.1, -0.05) is 11.6 Å². The van der Waals surface area contributed by atoms with Gasteiger partial charge in [-0.15, -0.1) is 11.8 Å². The highest BCUT2D eigenvalue weighted by atomic mass is 35.5. The Morgan fingerprint density at radius 1 is 0.941 bits per heavy atom. The fourth-order valence-electron chi connectivity index (χ4n) is 3.43. The Balaban J connectivity index is 1.88. The van der Waals surface area contributed by atoms with Gasteiger partial charge in [0.1, 0.15) is 11.5 Å². The highest BCUT2D eigenvalue weighted by Gasteiger charge is 2.47. The molecule has 1 aromatic heterocycles. The molecule has 1 aliphatic heterocycles. The molecule has 0 aliphatic carbocycles. The lowest BCUT2D eigenvalue weighted by Crippen LogP contribution is -2.55. The summed E-state index contributed by atoms with van der Waals surface area (Å²) < 4.78 is 27.4. The van der Waals surface area contributed by atoms with Crippen LogP contribution in [0.1, 0.15) is 20.8 Å². The molecule has 34 heavy (non-hydrogen) atoms. The van der Waals surface area contributed by atoms with Crippen molar-refractivity contribution in [2.24, 2.45) is 0 Å². The van der Waals surface area contributed by atoms with Crippen molar-refractivity contribution in [3.63, 3.8) is 0 Å². The molecule has 0 radical (unpaired) electrons. The molecule has 0 spiro atoms. The van der Waals surface area contributed by atoms with Gasteiger partial charge in [0.25, 0.3) is 0 Å². The molecule has 9 nitrogen and oxygen atoms in total. The van der Waals surface area contributed by atoms with Crippen molar-refractivity contribution in [2.75, 3.05) is 12.9 Å². The Hall–Kier alpha value is -2.98. The maximum atomic E-state index is 11.8. The zero-order valence-corrected chi connectivity index (χ0v) is 20.6. The highest BCUT2D eigenvalue weighted by molar-refractivity contribution is 7.99. The van der Waals surface area contributed by atoms with Crippen LogP contribution in [0.3, 0.4) is 0 Å². The van der Waals surface area contributed by atoms with Gasteiger partial charge in [-0.25, -0.2) is 0 Å². The van der Waals surface area contributed by atoms with E-state index in [1.165, 1.54) is 38.7 Å². The van der Waals surface area contributed by atoms with Crippen LogP contribution >= 0.6 is 23.4 Å². The minimum Gasteiger partial charge on any atom is -0.497 e. The van der Waals surface area contributed by atoms with E-state index in [9.17, 15) is 14.4 Å². The highest BCUT2D eigenvalue weighted by Crippen LogP contribution is 2.36. The summed E-state index contributed by atoms with van der Waals surface area (Å²) in [6, 6.07) is 7.02. The van der Waals surface area contributed by atoms with Crippen molar-refractivity contribution in [1.29, 1.82) is 0 Å². The molecule has 2 aromatic rings. The van der Waals surface area contributed by atoms with E-state index >= 15 is 0 Å². The van der Waals surface area contributed by atoms with Gasteiger partial charge >= 0.3 is 17.9 Å². The number of carbonyl (C=O) groups is 3. The molecule has 0 unspecified atom stereocenters. The maximum absolute atomic E-state index is 11.8. The molecular formula is C23H24ClNO8S. The third-order valence-electron chi connectivity index (χ3n) is 4.76. The normalized spacial score (nSPS) is 21.8. The fourth-order valence-corrected chi connectivity index (χ4v) is 4.93. The quantitative estimate of drug-likeness (QED) is 0.405. The van der Waals surface area contributed by atoms with Crippen LogP contribution in [0.2, 0.25) is 5.02 Å². The van der Waals surface area contributed by atoms with Crippen LogP contribution in [-0.2, 0) is 28.6 Å². The number of hydrogen-bond acceptors (Lipinski definition) is 10. The molecule has 1 fully saturated rings. The largest absolute Gasteiger partial charge is 0.497 e. The summed E-state index contributed by atoms with van der Waals surface area (Å²) in [7, 11) is 1.55. The number of pyridine rings is 1. The SMILES string of the molecule is COc1ccc(-c2cncc(O[C@@H]3SC[C@@H](OC(C)=O)[C@H](OC(C)=O)[C@H]3OC(C)=O)c2)c(Cl)c1. The van der Waals surface area contributed by atoms with Crippen LogP contribution in [0.4, 0.5) is 0 Å². The van der Waals surface area contributed by atoms with Gasteiger partial charge in [0.2, 0.25) is 0 Å². The number of hydrogen-bond donors (Lipinski definition) is 0. The van der Waals surface area contributed by atoms with Crippen molar-refractivity contribution < 1.29 is 38.1 Å². The van der Waals surface area contributed by atoms with E-state index in [2.05, 4.69) is 4.98 Å². The van der Waals surface area contributed by atoms with Crippen molar-refractivity contribution >= 4 is 41.3 Å². The second-order valence-electron chi connectivity index (χ2n) is 7.37. The number of nitrogens with zero attached hydrogens (tertiary/aromatic N) is 1. The summed E-state index contributed by atoms with van der Waals surface area (Å²) in [5.74, 6) is -0.490.